The Morgan fingerprint density at radius 1 is 0.912 bits per heavy atom. The Balaban J connectivity index is 1.68. The summed E-state index contributed by atoms with van der Waals surface area (Å²) >= 11 is 0. The Morgan fingerprint density at radius 2 is 1.50 bits per heavy atom. The molecule has 178 valence electrons. The van der Waals surface area contributed by atoms with E-state index in [0.29, 0.717) is 5.56 Å². The maximum atomic E-state index is 13.0. The summed E-state index contributed by atoms with van der Waals surface area (Å²) in [6.07, 6.45) is 0. The summed E-state index contributed by atoms with van der Waals surface area (Å²) < 4.78 is 46.5. The van der Waals surface area contributed by atoms with Gasteiger partial charge in [0.1, 0.15) is 5.82 Å². The maximum Gasteiger partial charge on any atom is 0.338 e. The van der Waals surface area contributed by atoms with E-state index in [9.17, 15) is 22.4 Å². The molecular weight excluding hydrogens is 457 g/mol. The fraction of sp³-hybridized carbons (Fsp3) is 0.231. The van der Waals surface area contributed by atoms with E-state index in [1.165, 1.54) is 36.4 Å². The number of nitrogens with one attached hydrogen (secondary N) is 1. The van der Waals surface area contributed by atoms with E-state index in [2.05, 4.69) is 4.72 Å². The molecule has 0 heterocycles. The average molecular weight is 484 g/mol. The van der Waals surface area contributed by atoms with Crippen LogP contribution in [0.25, 0.3) is 0 Å². The summed E-state index contributed by atoms with van der Waals surface area (Å²) in [6, 6.07) is 16.0. The van der Waals surface area contributed by atoms with Crippen molar-refractivity contribution in [2.45, 2.75) is 38.0 Å². The van der Waals surface area contributed by atoms with Crippen molar-refractivity contribution in [2.24, 2.45) is 0 Å². The first-order chi connectivity index (χ1) is 15.9. The largest absolute Gasteiger partial charge is 0.454 e. The molecule has 0 bridgehead atoms. The van der Waals surface area contributed by atoms with E-state index in [1.54, 1.807) is 19.1 Å². The molecule has 3 aromatic carbocycles. The number of rotatable bonds is 7. The number of carbonyl (C=O) groups excluding carboxylic acids is 2. The SMILES string of the molecule is Cc1ccc(C(C)(C)C)cc1S(=O)(=O)Nc1ccc(C(=O)OCC(=O)c2ccc(F)cc2)cc1. The third-order valence-corrected chi connectivity index (χ3v) is 6.74. The lowest BCUT2D eigenvalue weighted by Gasteiger charge is -2.21. The number of ketones is 1. The second-order valence-corrected chi connectivity index (χ2v) is 10.6. The molecule has 0 fully saturated rings. The third-order valence-electron chi connectivity index (χ3n) is 5.22. The zero-order valence-corrected chi connectivity index (χ0v) is 20.2. The first-order valence-electron chi connectivity index (χ1n) is 10.6. The van der Waals surface area contributed by atoms with Gasteiger partial charge in [-0.3, -0.25) is 9.52 Å². The lowest BCUT2D eigenvalue weighted by molar-refractivity contribution is 0.0474. The Bertz CT molecular complexity index is 1310. The van der Waals surface area contributed by atoms with Crippen LogP contribution in [0.2, 0.25) is 0 Å². The predicted molar refractivity (Wildman–Crippen MR) is 128 cm³/mol. The van der Waals surface area contributed by atoms with E-state index >= 15 is 0 Å². The zero-order valence-electron chi connectivity index (χ0n) is 19.4. The van der Waals surface area contributed by atoms with Crippen LogP contribution >= 0.6 is 0 Å². The van der Waals surface area contributed by atoms with Crippen LogP contribution in [0.3, 0.4) is 0 Å². The van der Waals surface area contributed by atoms with Crippen molar-refractivity contribution in [1.82, 2.24) is 0 Å². The Labute approximate surface area is 198 Å². The van der Waals surface area contributed by atoms with Crippen molar-refractivity contribution in [1.29, 1.82) is 0 Å². The van der Waals surface area contributed by atoms with E-state index in [-0.39, 0.29) is 27.1 Å². The molecule has 6 nitrogen and oxygen atoms in total. The highest BCUT2D eigenvalue weighted by Crippen LogP contribution is 2.28. The lowest BCUT2D eigenvalue weighted by atomic mass is 9.87. The van der Waals surface area contributed by atoms with Crippen molar-refractivity contribution in [3.05, 3.63) is 94.8 Å². The second-order valence-electron chi connectivity index (χ2n) is 8.92. The maximum absolute atomic E-state index is 13.0. The minimum Gasteiger partial charge on any atom is -0.454 e. The van der Waals surface area contributed by atoms with Gasteiger partial charge in [0.05, 0.1) is 10.5 Å². The van der Waals surface area contributed by atoms with Crippen LogP contribution in [-0.4, -0.2) is 26.8 Å². The fourth-order valence-electron chi connectivity index (χ4n) is 3.17. The summed E-state index contributed by atoms with van der Waals surface area (Å²) in [5, 5.41) is 0. The Morgan fingerprint density at radius 3 is 2.09 bits per heavy atom. The van der Waals surface area contributed by atoms with Crippen LogP contribution < -0.4 is 4.72 Å². The Hall–Kier alpha value is -3.52. The van der Waals surface area contributed by atoms with Gasteiger partial charge in [0.25, 0.3) is 10.0 Å². The molecule has 0 radical (unpaired) electrons. The number of ether oxygens (including phenoxy) is 1. The van der Waals surface area contributed by atoms with Gasteiger partial charge in [0.2, 0.25) is 0 Å². The van der Waals surface area contributed by atoms with E-state index in [1.807, 2.05) is 26.8 Å². The normalized spacial score (nSPS) is 11.7. The van der Waals surface area contributed by atoms with Gasteiger partial charge in [-0.15, -0.1) is 0 Å². The molecular formula is C26H26FNO5S. The molecule has 3 aromatic rings. The van der Waals surface area contributed by atoms with Gasteiger partial charge in [-0.25, -0.2) is 17.6 Å². The van der Waals surface area contributed by atoms with Crippen LogP contribution in [0, 0.1) is 12.7 Å². The van der Waals surface area contributed by atoms with Crippen LogP contribution in [-0.2, 0) is 20.2 Å². The van der Waals surface area contributed by atoms with Gasteiger partial charge in [-0.1, -0.05) is 32.9 Å². The van der Waals surface area contributed by atoms with Crippen molar-refractivity contribution >= 4 is 27.5 Å². The summed E-state index contributed by atoms with van der Waals surface area (Å²) in [4.78, 5) is 24.5. The van der Waals surface area contributed by atoms with Crippen LogP contribution in [0.4, 0.5) is 10.1 Å². The average Bonchev–Trinajstić information content (AvgIpc) is 2.77. The number of aryl methyl sites for hydroxylation is 1. The van der Waals surface area contributed by atoms with E-state index in [0.717, 1.165) is 17.7 Å². The van der Waals surface area contributed by atoms with Gasteiger partial charge < -0.3 is 4.74 Å². The van der Waals surface area contributed by atoms with Crippen LogP contribution in [0.15, 0.2) is 71.6 Å². The quantitative estimate of drug-likeness (QED) is 0.365. The minimum absolute atomic E-state index is 0.153. The highest BCUT2D eigenvalue weighted by molar-refractivity contribution is 7.92. The molecule has 0 unspecified atom stereocenters. The number of Topliss-reactive ketones (excluding diaryl/α,β-unsaturated/α-hetero) is 1. The number of sulfonamides is 1. The highest BCUT2D eigenvalue weighted by Gasteiger charge is 2.22. The molecule has 0 spiro atoms. The first-order valence-corrected chi connectivity index (χ1v) is 12.0. The smallest absolute Gasteiger partial charge is 0.338 e. The molecule has 0 aliphatic carbocycles. The minimum atomic E-state index is -3.85. The molecule has 0 amide bonds. The number of hydrogen-bond acceptors (Lipinski definition) is 5. The van der Waals surface area contributed by atoms with E-state index < -0.39 is 34.2 Å². The van der Waals surface area contributed by atoms with Crippen molar-refractivity contribution in [3.63, 3.8) is 0 Å². The topological polar surface area (TPSA) is 89.5 Å². The van der Waals surface area contributed by atoms with Gasteiger partial charge in [-0.2, -0.15) is 0 Å². The van der Waals surface area contributed by atoms with E-state index in [4.69, 9.17) is 4.74 Å². The summed E-state index contributed by atoms with van der Waals surface area (Å²) in [6.45, 7) is 7.25. The molecule has 34 heavy (non-hydrogen) atoms. The van der Waals surface area contributed by atoms with Crippen molar-refractivity contribution in [2.75, 3.05) is 11.3 Å². The first kappa shape index (κ1) is 25.1. The zero-order chi connectivity index (χ0) is 25.1. The Kier molecular flexibility index (Phi) is 7.21. The number of esters is 1. The lowest BCUT2D eigenvalue weighted by Crippen LogP contribution is -2.17. The highest BCUT2D eigenvalue weighted by atomic mass is 32.2. The number of halogens is 1. The molecule has 0 aliphatic heterocycles. The number of benzene rings is 3. The van der Waals surface area contributed by atoms with Crippen molar-refractivity contribution < 1.29 is 27.1 Å². The molecule has 1 N–H and O–H groups in total. The van der Waals surface area contributed by atoms with Crippen LogP contribution in [0.5, 0.6) is 0 Å². The summed E-state index contributed by atoms with van der Waals surface area (Å²) in [5.74, 6) is -1.68. The molecule has 3 rings (SSSR count). The standard InChI is InChI=1S/C26H26FNO5S/c1-17-5-10-20(26(2,3)4)15-24(17)34(31,32)28-22-13-8-19(9-14-22)25(30)33-16-23(29)18-6-11-21(27)12-7-18/h5-15,28H,16H2,1-4H3. The van der Waals surface area contributed by atoms with Gasteiger partial charge in [-0.05, 0) is 78.1 Å². The number of hydrogen-bond donors (Lipinski definition) is 1. The molecule has 0 saturated carbocycles. The molecule has 0 aliphatic rings. The number of anilines is 1. The predicted octanol–water partition coefficient (Wildman–Crippen LogP) is 5.27. The molecule has 0 aromatic heterocycles. The monoisotopic (exact) mass is 483 g/mol. The molecule has 0 saturated heterocycles. The number of carbonyl (C=O) groups is 2. The molecule has 0 atom stereocenters. The summed E-state index contributed by atoms with van der Waals surface area (Å²) in [7, 11) is -3.85. The molecule has 8 heteroatoms. The van der Waals surface area contributed by atoms with Crippen LogP contribution in [0.1, 0.15) is 52.6 Å². The van der Waals surface area contributed by atoms with Gasteiger partial charge in [0.15, 0.2) is 12.4 Å². The summed E-state index contributed by atoms with van der Waals surface area (Å²) in [5.41, 5.74) is 1.96. The second kappa shape index (κ2) is 9.77. The van der Waals surface area contributed by atoms with Gasteiger partial charge in [0, 0.05) is 11.3 Å². The van der Waals surface area contributed by atoms with Crippen molar-refractivity contribution in [3.8, 4) is 0 Å². The van der Waals surface area contributed by atoms with Gasteiger partial charge >= 0.3 is 5.97 Å². The fourth-order valence-corrected chi connectivity index (χ4v) is 4.50. The third kappa shape index (κ3) is 6.08.